The van der Waals surface area contributed by atoms with Crippen LogP contribution in [0.15, 0.2) is 42.5 Å². The molecule has 0 bridgehead atoms. The number of rotatable bonds is 2. The highest BCUT2D eigenvalue weighted by molar-refractivity contribution is 6.07. The molecule has 0 saturated heterocycles. The molecule has 0 atom stereocenters. The SMILES string of the molecule is COc1cccc(C(=O)N2CCCc3cccc(C)c32)c1. The molecule has 2 aromatic rings. The molecule has 3 rings (SSSR count). The van der Waals surface area contributed by atoms with Crippen molar-refractivity contribution in [2.75, 3.05) is 18.6 Å². The minimum atomic E-state index is 0.0455. The van der Waals surface area contributed by atoms with Crippen LogP contribution in [-0.4, -0.2) is 19.6 Å². The zero-order chi connectivity index (χ0) is 14.8. The van der Waals surface area contributed by atoms with Gasteiger partial charge in [0.15, 0.2) is 0 Å². The van der Waals surface area contributed by atoms with E-state index in [0.717, 1.165) is 30.6 Å². The van der Waals surface area contributed by atoms with E-state index in [-0.39, 0.29) is 5.91 Å². The molecule has 3 nitrogen and oxygen atoms in total. The summed E-state index contributed by atoms with van der Waals surface area (Å²) in [5.74, 6) is 0.756. The standard InChI is InChI=1S/C18H19NO2/c1-13-6-3-7-14-9-5-11-19(17(13)14)18(20)15-8-4-10-16(12-15)21-2/h3-4,6-8,10,12H,5,9,11H2,1-2H3. The number of para-hydroxylation sites is 1. The number of methoxy groups -OCH3 is 1. The first-order chi connectivity index (χ1) is 10.2. The number of anilines is 1. The second-order valence-electron chi connectivity index (χ2n) is 5.37. The summed E-state index contributed by atoms with van der Waals surface area (Å²) in [6, 6.07) is 13.6. The molecule has 3 heteroatoms. The van der Waals surface area contributed by atoms with Crippen molar-refractivity contribution in [3.05, 3.63) is 59.2 Å². The Hall–Kier alpha value is -2.29. The molecule has 0 radical (unpaired) electrons. The first kappa shape index (κ1) is 13.7. The molecule has 0 fully saturated rings. The number of ether oxygens (including phenoxy) is 1. The van der Waals surface area contributed by atoms with Crippen molar-refractivity contribution in [2.45, 2.75) is 19.8 Å². The fourth-order valence-electron chi connectivity index (χ4n) is 2.96. The van der Waals surface area contributed by atoms with Gasteiger partial charge in [0.05, 0.1) is 12.8 Å². The first-order valence-corrected chi connectivity index (χ1v) is 7.25. The zero-order valence-corrected chi connectivity index (χ0v) is 12.4. The highest BCUT2D eigenvalue weighted by Gasteiger charge is 2.25. The van der Waals surface area contributed by atoms with Crippen LogP contribution < -0.4 is 9.64 Å². The van der Waals surface area contributed by atoms with Gasteiger partial charge in [0.25, 0.3) is 5.91 Å². The predicted molar refractivity (Wildman–Crippen MR) is 84.2 cm³/mol. The molecule has 1 amide bonds. The van der Waals surface area contributed by atoms with Gasteiger partial charge in [-0.15, -0.1) is 0 Å². The molecule has 1 aliphatic heterocycles. The number of nitrogens with zero attached hydrogens (tertiary/aromatic N) is 1. The van der Waals surface area contributed by atoms with Gasteiger partial charge in [-0.1, -0.05) is 24.3 Å². The van der Waals surface area contributed by atoms with Crippen molar-refractivity contribution in [3.8, 4) is 5.75 Å². The highest BCUT2D eigenvalue weighted by Crippen LogP contribution is 2.31. The molecule has 0 unspecified atom stereocenters. The van der Waals surface area contributed by atoms with Crippen LogP contribution in [0.2, 0.25) is 0 Å². The lowest BCUT2D eigenvalue weighted by Gasteiger charge is -2.31. The van der Waals surface area contributed by atoms with Crippen molar-refractivity contribution in [2.24, 2.45) is 0 Å². The van der Waals surface area contributed by atoms with E-state index >= 15 is 0 Å². The smallest absolute Gasteiger partial charge is 0.258 e. The Balaban J connectivity index is 2.00. The number of carbonyl (C=O) groups is 1. The number of carbonyl (C=O) groups excluding carboxylic acids is 1. The Labute approximate surface area is 125 Å². The molecule has 108 valence electrons. The van der Waals surface area contributed by atoms with Crippen LogP contribution >= 0.6 is 0 Å². The predicted octanol–water partition coefficient (Wildman–Crippen LogP) is 3.60. The van der Waals surface area contributed by atoms with Gasteiger partial charge in [0.2, 0.25) is 0 Å². The van der Waals surface area contributed by atoms with E-state index < -0.39 is 0 Å². The quantitative estimate of drug-likeness (QED) is 0.841. The van der Waals surface area contributed by atoms with Crippen LogP contribution in [0.25, 0.3) is 0 Å². The average molecular weight is 281 g/mol. The molecule has 0 N–H and O–H groups in total. The van der Waals surface area contributed by atoms with Gasteiger partial charge in [-0.05, 0) is 49.1 Å². The zero-order valence-electron chi connectivity index (χ0n) is 12.4. The summed E-state index contributed by atoms with van der Waals surface area (Å²) >= 11 is 0. The fraction of sp³-hybridized carbons (Fsp3) is 0.278. The van der Waals surface area contributed by atoms with Crippen LogP contribution in [-0.2, 0) is 6.42 Å². The molecule has 0 aromatic heterocycles. The van der Waals surface area contributed by atoms with Gasteiger partial charge in [-0.3, -0.25) is 4.79 Å². The van der Waals surface area contributed by atoms with Gasteiger partial charge in [-0.25, -0.2) is 0 Å². The maximum Gasteiger partial charge on any atom is 0.258 e. The molecule has 0 spiro atoms. The van der Waals surface area contributed by atoms with Crippen LogP contribution in [0, 0.1) is 6.92 Å². The molecule has 0 saturated carbocycles. The van der Waals surface area contributed by atoms with E-state index in [0.29, 0.717) is 11.3 Å². The monoisotopic (exact) mass is 281 g/mol. The minimum Gasteiger partial charge on any atom is -0.497 e. The summed E-state index contributed by atoms with van der Waals surface area (Å²) in [6.07, 6.45) is 2.05. The Kier molecular flexibility index (Phi) is 3.65. The lowest BCUT2D eigenvalue weighted by atomic mass is 9.97. The van der Waals surface area contributed by atoms with Crippen LogP contribution in [0.1, 0.15) is 27.9 Å². The summed E-state index contributed by atoms with van der Waals surface area (Å²) in [5.41, 5.74) is 4.17. The second kappa shape index (κ2) is 5.60. The summed E-state index contributed by atoms with van der Waals surface area (Å²) < 4.78 is 5.21. The lowest BCUT2D eigenvalue weighted by molar-refractivity contribution is 0.0984. The van der Waals surface area contributed by atoms with Crippen LogP contribution in [0.5, 0.6) is 5.75 Å². The lowest BCUT2D eigenvalue weighted by Crippen LogP contribution is -2.36. The number of fused-ring (bicyclic) bond motifs is 1. The van der Waals surface area contributed by atoms with Gasteiger partial charge in [0.1, 0.15) is 5.75 Å². The van der Waals surface area contributed by atoms with Gasteiger partial charge >= 0.3 is 0 Å². The molecule has 1 heterocycles. The maximum atomic E-state index is 12.9. The van der Waals surface area contributed by atoms with E-state index in [1.54, 1.807) is 13.2 Å². The molecule has 2 aromatic carbocycles. The Morgan fingerprint density at radius 1 is 1.19 bits per heavy atom. The van der Waals surface area contributed by atoms with Gasteiger partial charge in [0, 0.05) is 12.1 Å². The van der Waals surface area contributed by atoms with E-state index in [1.165, 1.54) is 5.56 Å². The third kappa shape index (κ3) is 2.51. The van der Waals surface area contributed by atoms with Crippen molar-refractivity contribution in [1.82, 2.24) is 0 Å². The number of hydrogen-bond donors (Lipinski definition) is 0. The van der Waals surface area contributed by atoms with E-state index in [4.69, 9.17) is 4.74 Å². The van der Waals surface area contributed by atoms with Crippen molar-refractivity contribution in [1.29, 1.82) is 0 Å². The topological polar surface area (TPSA) is 29.5 Å². The molecule has 0 aliphatic carbocycles. The van der Waals surface area contributed by atoms with E-state index in [2.05, 4.69) is 25.1 Å². The van der Waals surface area contributed by atoms with Crippen molar-refractivity contribution >= 4 is 11.6 Å². The van der Waals surface area contributed by atoms with Gasteiger partial charge in [-0.2, -0.15) is 0 Å². The Morgan fingerprint density at radius 2 is 2.00 bits per heavy atom. The molecular weight excluding hydrogens is 262 g/mol. The van der Waals surface area contributed by atoms with Gasteiger partial charge < -0.3 is 9.64 Å². The Morgan fingerprint density at radius 3 is 2.81 bits per heavy atom. The summed E-state index contributed by atoms with van der Waals surface area (Å²) in [5, 5.41) is 0. The first-order valence-electron chi connectivity index (χ1n) is 7.25. The molecule has 21 heavy (non-hydrogen) atoms. The molecular formula is C18H19NO2. The fourth-order valence-corrected chi connectivity index (χ4v) is 2.96. The third-order valence-electron chi connectivity index (χ3n) is 3.98. The van der Waals surface area contributed by atoms with Crippen molar-refractivity contribution < 1.29 is 9.53 Å². The Bertz CT molecular complexity index is 679. The average Bonchev–Trinajstić information content (AvgIpc) is 2.54. The minimum absolute atomic E-state index is 0.0455. The van der Waals surface area contributed by atoms with Crippen LogP contribution in [0.3, 0.4) is 0 Å². The third-order valence-corrected chi connectivity index (χ3v) is 3.98. The van der Waals surface area contributed by atoms with Crippen molar-refractivity contribution in [3.63, 3.8) is 0 Å². The van der Waals surface area contributed by atoms with E-state index in [9.17, 15) is 4.79 Å². The number of hydrogen-bond acceptors (Lipinski definition) is 2. The number of aryl methyl sites for hydroxylation is 2. The highest BCUT2D eigenvalue weighted by atomic mass is 16.5. The second-order valence-corrected chi connectivity index (χ2v) is 5.37. The molecule has 1 aliphatic rings. The summed E-state index contributed by atoms with van der Waals surface area (Å²) in [6.45, 7) is 2.84. The number of benzene rings is 2. The normalized spacial score (nSPS) is 13.7. The van der Waals surface area contributed by atoms with Crippen LogP contribution in [0.4, 0.5) is 5.69 Å². The largest absolute Gasteiger partial charge is 0.497 e. The van der Waals surface area contributed by atoms with E-state index in [1.807, 2.05) is 23.1 Å². The summed E-state index contributed by atoms with van der Waals surface area (Å²) in [4.78, 5) is 14.8. The number of amides is 1. The maximum absolute atomic E-state index is 12.9. The summed E-state index contributed by atoms with van der Waals surface area (Å²) in [7, 11) is 1.62.